The molecule has 2 aromatic carbocycles. The van der Waals surface area contributed by atoms with E-state index >= 15 is 0 Å². The number of ether oxygens (including phenoxy) is 4. The van der Waals surface area contributed by atoms with Gasteiger partial charge in [-0.15, -0.1) is 0 Å². The maximum Gasteiger partial charge on any atom is 0.330 e. The Balaban J connectivity index is 2.11. The van der Waals surface area contributed by atoms with E-state index in [1.54, 1.807) is 7.11 Å². The topological polar surface area (TPSA) is 54.0 Å². The van der Waals surface area contributed by atoms with Gasteiger partial charge >= 0.3 is 5.97 Å². The third-order valence-electron chi connectivity index (χ3n) is 5.55. The largest absolute Gasteiger partial charge is 0.497 e. The summed E-state index contributed by atoms with van der Waals surface area (Å²) in [6.07, 6.45) is 4.77. The Morgan fingerprint density at radius 2 is 1.56 bits per heavy atom. The molecule has 0 heterocycles. The second-order valence-electron chi connectivity index (χ2n) is 8.39. The Morgan fingerprint density at radius 1 is 0.938 bits per heavy atom. The van der Waals surface area contributed by atoms with Crippen molar-refractivity contribution < 1.29 is 23.7 Å². The van der Waals surface area contributed by atoms with E-state index in [-0.39, 0.29) is 18.2 Å². The summed E-state index contributed by atoms with van der Waals surface area (Å²) in [6, 6.07) is 18.0. The summed E-state index contributed by atoms with van der Waals surface area (Å²) in [6.45, 7) is 7.26. The van der Waals surface area contributed by atoms with Gasteiger partial charge in [-0.3, -0.25) is 0 Å². The first-order chi connectivity index (χ1) is 15.4. The van der Waals surface area contributed by atoms with Gasteiger partial charge in [0, 0.05) is 17.9 Å². The lowest BCUT2D eigenvalue weighted by Crippen LogP contribution is -2.35. The summed E-state index contributed by atoms with van der Waals surface area (Å²) in [5.41, 5.74) is 1.80. The van der Waals surface area contributed by atoms with E-state index < -0.39 is 5.41 Å². The van der Waals surface area contributed by atoms with Crippen molar-refractivity contribution >= 4 is 5.97 Å². The first-order valence-corrected chi connectivity index (χ1v) is 11.0. The van der Waals surface area contributed by atoms with Gasteiger partial charge in [-0.25, -0.2) is 4.79 Å². The first kappa shape index (κ1) is 25.6. The molecule has 0 bridgehead atoms. The van der Waals surface area contributed by atoms with Gasteiger partial charge < -0.3 is 18.9 Å². The molecule has 0 aliphatic rings. The molecule has 2 rings (SSSR count). The van der Waals surface area contributed by atoms with E-state index in [4.69, 9.17) is 18.9 Å². The smallest absolute Gasteiger partial charge is 0.330 e. The van der Waals surface area contributed by atoms with E-state index in [0.29, 0.717) is 19.6 Å². The number of benzene rings is 2. The summed E-state index contributed by atoms with van der Waals surface area (Å²) in [5, 5.41) is 0. The van der Waals surface area contributed by atoms with E-state index in [1.807, 2.05) is 48.5 Å². The van der Waals surface area contributed by atoms with E-state index in [0.717, 1.165) is 23.3 Å². The second-order valence-corrected chi connectivity index (χ2v) is 8.39. The predicted molar refractivity (Wildman–Crippen MR) is 126 cm³/mol. The number of rotatable bonds is 13. The van der Waals surface area contributed by atoms with Gasteiger partial charge in [-0.2, -0.15) is 0 Å². The van der Waals surface area contributed by atoms with E-state index in [2.05, 4.69) is 32.9 Å². The van der Waals surface area contributed by atoms with Crippen molar-refractivity contribution in [3.05, 3.63) is 77.9 Å². The molecule has 0 N–H and O–H groups in total. The lowest BCUT2D eigenvalue weighted by Gasteiger charge is -2.34. The number of carbonyl (C=O) groups is 1. The molecule has 32 heavy (non-hydrogen) atoms. The van der Waals surface area contributed by atoms with Gasteiger partial charge in [0.2, 0.25) is 0 Å². The van der Waals surface area contributed by atoms with Crippen LogP contribution in [-0.2, 0) is 32.2 Å². The van der Waals surface area contributed by atoms with Crippen molar-refractivity contribution in [1.29, 1.82) is 0 Å². The normalized spacial score (nSPS) is 13.7. The molecule has 0 spiro atoms. The van der Waals surface area contributed by atoms with Crippen LogP contribution in [0.15, 0.2) is 66.7 Å². The first-order valence-electron chi connectivity index (χ1n) is 11.0. The van der Waals surface area contributed by atoms with Crippen molar-refractivity contribution in [2.45, 2.75) is 59.0 Å². The summed E-state index contributed by atoms with van der Waals surface area (Å²) in [7, 11) is 3.03. The Labute approximate surface area is 192 Å². The van der Waals surface area contributed by atoms with Gasteiger partial charge in [0.1, 0.15) is 5.75 Å². The van der Waals surface area contributed by atoms with Crippen LogP contribution in [0.5, 0.6) is 5.75 Å². The number of hydrogen-bond acceptors (Lipinski definition) is 5. The molecule has 2 aromatic rings. The lowest BCUT2D eigenvalue weighted by atomic mass is 9.82. The lowest BCUT2D eigenvalue weighted by molar-refractivity contribution is -0.134. The van der Waals surface area contributed by atoms with Gasteiger partial charge in [0.05, 0.1) is 39.6 Å². The SMILES string of the molecule is CC[C@@H](C[C@@H](OCc1ccc(OC)cc1)C(C)(C)/C=C/C(=O)OC)OCc1ccccc1. The second kappa shape index (κ2) is 13.0. The molecule has 0 aromatic heterocycles. The summed E-state index contributed by atoms with van der Waals surface area (Å²) < 4.78 is 22.6. The third-order valence-corrected chi connectivity index (χ3v) is 5.55. The highest BCUT2D eigenvalue weighted by molar-refractivity contribution is 5.81. The molecule has 0 fully saturated rings. The fourth-order valence-electron chi connectivity index (χ4n) is 3.34. The summed E-state index contributed by atoms with van der Waals surface area (Å²) >= 11 is 0. The Bertz CT molecular complexity index is 827. The predicted octanol–water partition coefficient (Wildman–Crippen LogP) is 5.72. The van der Waals surface area contributed by atoms with E-state index in [1.165, 1.54) is 13.2 Å². The number of carbonyl (C=O) groups excluding carboxylic acids is 1. The molecule has 0 unspecified atom stereocenters. The maximum atomic E-state index is 11.7. The van der Waals surface area contributed by atoms with Crippen molar-refractivity contribution in [2.24, 2.45) is 5.41 Å². The molecule has 0 aliphatic carbocycles. The fraction of sp³-hybridized carbons (Fsp3) is 0.444. The molecule has 5 nitrogen and oxygen atoms in total. The fourth-order valence-corrected chi connectivity index (χ4v) is 3.34. The quantitative estimate of drug-likeness (QED) is 0.294. The van der Waals surface area contributed by atoms with Gasteiger partial charge in [0.15, 0.2) is 0 Å². The van der Waals surface area contributed by atoms with Crippen LogP contribution in [0, 0.1) is 5.41 Å². The minimum Gasteiger partial charge on any atom is -0.497 e. The molecule has 0 saturated heterocycles. The van der Waals surface area contributed by atoms with Crippen LogP contribution in [0.2, 0.25) is 0 Å². The zero-order valence-corrected chi connectivity index (χ0v) is 19.9. The van der Waals surface area contributed by atoms with Crippen LogP contribution >= 0.6 is 0 Å². The van der Waals surface area contributed by atoms with Gasteiger partial charge in [-0.05, 0) is 29.7 Å². The van der Waals surface area contributed by atoms with Crippen LogP contribution in [0.3, 0.4) is 0 Å². The standard InChI is InChI=1S/C27H36O5/c1-6-23(31-19-21-10-8-7-9-11-21)18-25(27(2,3)17-16-26(28)30-5)32-20-22-12-14-24(29-4)15-13-22/h7-17,23,25H,6,18-20H2,1-5H3/b17-16+/t23-,25+/m0/s1. The maximum absolute atomic E-state index is 11.7. The van der Waals surface area contributed by atoms with Gasteiger partial charge in [-0.1, -0.05) is 69.3 Å². The van der Waals surface area contributed by atoms with Crippen LogP contribution in [0.4, 0.5) is 0 Å². The van der Waals surface area contributed by atoms with Crippen LogP contribution in [0.25, 0.3) is 0 Å². The third kappa shape index (κ3) is 8.48. The number of methoxy groups -OCH3 is 2. The van der Waals surface area contributed by atoms with Gasteiger partial charge in [0.25, 0.3) is 0 Å². The van der Waals surface area contributed by atoms with Crippen molar-refractivity contribution in [1.82, 2.24) is 0 Å². The highest BCUT2D eigenvalue weighted by Crippen LogP contribution is 2.31. The minimum atomic E-state index is -0.399. The summed E-state index contributed by atoms with van der Waals surface area (Å²) in [4.78, 5) is 11.7. The average Bonchev–Trinajstić information content (AvgIpc) is 2.83. The zero-order valence-electron chi connectivity index (χ0n) is 19.9. The molecular formula is C27H36O5. The molecular weight excluding hydrogens is 404 g/mol. The summed E-state index contributed by atoms with van der Waals surface area (Å²) in [5.74, 6) is 0.436. The van der Waals surface area contributed by atoms with Crippen LogP contribution in [0.1, 0.15) is 44.7 Å². The molecule has 0 aliphatic heterocycles. The number of esters is 1. The average molecular weight is 441 g/mol. The van der Waals surface area contributed by atoms with Crippen LogP contribution in [-0.4, -0.2) is 32.4 Å². The highest BCUT2D eigenvalue weighted by Gasteiger charge is 2.31. The minimum absolute atomic E-state index is 0.0295. The molecule has 0 amide bonds. The zero-order chi connectivity index (χ0) is 23.4. The Kier molecular flexibility index (Phi) is 10.4. The number of hydrogen-bond donors (Lipinski definition) is 0. The Hall–Kier alpha value is -2.63. The Morgan fingerprint density at radius 3 is 2.16 bits per heavy atom. The van der Waals surface area contributed by atoms with Crippen molar-refractivity contribution in [3.8, 4) is 5.75 Å². The monoisotopic (exact) mass is 440 g/mol. The molecule has 174 valence electrons. The molecule has 0 saturated carbocycles. The van der Waals surface area contributed by atoms with Crippen LogP contribution < -0.4 is 4.74 Å². The molecule has 2 atom stereocenters. The highest BCUT2D eigenvalue weighted by atomic mass is 16.5. The van der Waals surface area contributed by atoms with Crippen molar-refractivity contribution in [3.63, 3.8) is 0 Å². The molecule has 5 heteroatoms. The van der Waals surface area contributed by atoms with E-state index in [9.17, 15) is 4.79 Å². The molecule has 0 radical (unpaired) electrons. The van der Waals surface area contributed by atoms with Crippen molar-refractivity contribution in [2.75, 3.05) is 14.2 Å².